The first kappa shape index (κ1) is 23.1. The summed E-state index contributed by atoms with van der Waals surface area (Å²) in [6.07, 6.45) is 0. The van der Waals surface area contributed by atoms with Gasteiger partial charge in [0.05, 0.1) is 23.6 Å². The molecule has 0 atom stereocenters. The Hall–Kier alpha value is -4.09. The molecule has 1 aliphatic rings. The monoisotopic (exact) mass is 481 g/mol. The van der Waals surface area contributed by atoms with E-state index in [4.69, 9.17) is 16.2 Å². The van der Waals surface area contributed by atoms with Gasteiger partial charge in [-0.3, -0.25) is 4.79 Å². The van der Waals surface area contributed by atoms with Crippen molar-refractivity contribution in [1.82, 2.24) is 4.31 Å². The normalized spacial score (nSPS) is 14.1. The predicted molar refractivity (Wildman–Crippen MR) is 128 cm³/mol. The molecule has 1 aliphatic heterocycles. The summed E-state index contributed by atoms with van der Waals surface area (Å²) in [6, 6.07) is 16.8. The number of carbonyl (C=O) groups excluding carboxylic acids is 2. The summed E-state index contributed by atoms with van der Waals surface area (Å²) in [5, 5.41) is 5.31. The van der Waals surface area contributed by atoms with E-state index >= 15 is 0 Å². The molecule has 0 aliphatic carbocycles. The first-order valence-electron chi connectivity index (χ1n) is 10.3. The second kappa shape index (κ2) is 9.41. The largest absolute Gasteiger partial charge is 0.492 e. The van der Waals surface area contributed by atoms with Crippen molar-refractivity contribution in [2.75, 3.05) is 29.5 Å². The van der Waals surface area contributed by atoms with Crippen molar-refractivity contribution < 1.29 is 22.7 Å². The van der Waals surface area contributed by atoms with Crippen LogP contribution in [-0.4, -0.2) is 37.8 Å². The molecule has 0 saturated heterocycles. The van der Waals surface area contributed by atoms with E-state index < -0.39 is 16.1 Å². The first-order valence-corrected chi connectivity index (χ1v) is 11.8. The van der Waals surface area contributed by atoms with Gasteiger partial charge in [0, 0.05) is 18.2 Å². The number of nitrogen functional groups attached to an aromatic ring is 1. The molecule has 3 aromatic rings. The number of nitrogens with one attached hydrogen (secondary N) is 2. The molecular formula is C23H23N5O5S. The zero-order chi connectivity index (χ0) is 24.3. The van der Waals surface area contributed by atoms with Crippen LogP contribution < -0.4 is 26.8 Å². The quantitative estimate of drug-likeness (QED) is 0.378. The predicted octanol–water partition coefficient (Wildman–Crippen LogP) is 2.59. The SMILES string of the molecule is NCCOc1ccc2c(c1)S(=O)(=O)N(Cc1ccc(C(=O)Nc3ccccc3N)cc1)C(=O)N2. The molecule has 0 saturated carbocycles. The molecule has 0 aromatic heterocycles. The Kier molecular flexibility index (Phi) is 6.39. The highest BCUT2D eigenvalue weighted by Crippen LogP contribution is 2.34. The molecule has 0 spiro atoms. The van der Waals surface area contributed by atoms with Crippen LogP contribution in [0.5, 0.6) is 5.75 Å². The molecule has 6 N–H and O–H groups in total. The highest BCUT2D eigenvalue weighted by Gasteiger charge is 2.37. The van der Waals surface area contributed by atoms with Crippen molar-refractivity contribution in [3.63, 3.8) is 0 Å². The Morgan fingerprint density at radius 1 is 1.06 bits per heavy atom. The Morgan fingerprint density at radius 3 is 2.50 bits per heavy atom. The number of hydrogen-bond acceptors (Lipinski definition) is 7. The number of nitrogens with two attached hydrogens (primary N) is 2. The van der Waals surface area contributed by atoms with Crippen LogP contribution in [0.1, 0.15) is 15.9 Å². The van der Waals surface area contributed by atoms with Gasteiger partial charge < -0.3 is 26.8 Å². The number of amides is 3. The number of hydrogen-bond donors (Lipinski definition) is 4. The number of nitrogens with zero attached hydrogens (tertiary/aromatic N) is 1. The summed E-state index contributed by atoms with van der Waals surface area (Å²) >= 11 is 0. The Bertz CT molecular complexity index is 1340. The minimum absolute atomic E-state index is 0.0712. The Labute approximate surface area is 196 Å². The van der Waals surface area contributed by atoms with Crippen molar-refractivity contribution in [2.45, 2.75) is 11.4 Å². The molecule has 0 radical (unpaired) electrons. The van der Waals surface area contributed by atoms with Crippen LogP contribution in [0.25, 0.3) is 0 Å². The summed E-state index contributed by atoms with van der Waals surface area (Å²) in [5.74, 6) is -0.0370. The van der Waals surface area contributed by atoms with Gasteiger partial charge in [-0.15, -0.1) is 0 Å². The van der Waals surface area contributed by atoms with Crippen LogP contribution in [0.3, 0.4) is 0 Å². The van der Waals surface area contributed by atoms with Gasteiger partial charge in [0.2, 0.25) is 0 Å². The third-order valence-corrected chi connectivity index (χ3v) is 6.90. The smallest absolute Gasteiger partial charge is 0.336 e. The summed E-state index contributed by atoms with van der Waals surface area (Å²) in [6.45, 7) is 0.292. The van der Waals surface area contributed by atoms with E-state index in [1.165, 1.54) is 12.1 Å². The number of para-hydroxylation sites is 2. The number of carbonyl (C=O) groups is 2. The topological polar surface area (TPSA) is 157 Å². The lowest BCUT2D eigenvalue weighted by Gasteiger charge is -2.29. The number of fused-ring (bicyclic) bond motifs is 1. The maximum atomic E-state index is 13.2. The maximum absolute atomic E-state index is 13.2. The fourth-order valence-electron chi connectivity index (χ4n) is 3.38. The summed E-state index contributed by atoms with van der Waals surface area (Å²) in [5.41, 5.74) is 13.3. The number of sulfonamides is 1. The standard InChI is InChI=1S/C23H23N5O5S/c24-11-12-33-17-9-10-20-21(13-17)34(31,32)28(23(30)27-20)14-15-5-7-16(8-6-15)22(29)26-19-4-2-1-3-18(19)25/h1-10,13H,11-12,14,24-25H2,(H,26,29)(H,27,30). The van der Waals surface area contributed by atoms with Crippen molar-refractivity contribution in [1.29, 1.82) is 0 Å². The van der Waals surface area contributed by atoms with E-state index in [9.17, 15) is 18.0 Å². The van der Waals surface area contributed by atoms with Gasteiger partial charge in [0.1, 0.15) is 17.3 Å². The maximum Gasteiger partial charge on any atom is 0.336 e. The fraction of sp³-hybridized carbons (Fsp3) is 0.130. The number of benzene rings is 3. The number of ether oxygens (including phenoxy) is 1. The van der Waals surface area contributed by atoms with Crippen LogP contribution in [0.2, 0.25) is 0 Å². The van der Waals surface area contributed by atoms with E-state index in [0.717, 1.165) is 4.31 Å². The van der Waals surface area contributed by atoms with Crippen molar-refractivity contribution >= 4 is 39.0 Å². The third kappa shape index (κ3) is 4.65. The molecule has 3 amide bonds. The van der Waals surface area contributed by atoms with Crippen molar-refractivity contribution in [2.24, 2.45) is 5.73 Å². The van der Waals surface area contributed by atoms with Gasteiger partial charge in [-0.05, 0) is 42.0 Å². The average Bonchev–Trinajstić information content (AvgIpc) is 2.82. The first-order chi connectivity index (χ1) is 16.3. The highest BCUT2D eigenvalue weighted by molar-refractivity contribution is 7.90. The van der Waals surface area contributed by atoms with Gasteiger partial charge in [-0.1, -0.05) is 24.3 Å². The molecule has 1 heterocycles. The van der Waals surface area contributed by atoms with Gasteiger partial charge in [-0.25, -0.2) is 17.5 Å². The molecule has 3 aromatic carbocycles. The Balaban J connectivity index is 1.52. The minimum Gasteiger partial charge on any atom is -0.492 e. The zero-order valence-corrected chi connectivity index (χ0v) is 18.8. The minimum atomic E-state index is -4.13. The third-order valence-electron chi connectivity index (χ3n) is 5.13. The summed E-state index contributed by atoms with van der Waals surface area (Å²) < 4.78 is 32.5. The van der Waals surface area contributed by atoms with E-state index in [2.05, 4.69) is 10.6 Å². The van der Waals surface area contributed by atoms with Crippen molar-refractivity contribution in [3.05, 3.63) is 77.9 Å². The fourth-order valence-corrected chi connectivity index (χ4v) is 4.86. The van der Waals surface area contributed by atoms with Crippen LogP contribution in [0.15, 0.2) is 71.6 Å². The summed E-state index contributed by atoms with van der Waals surface area (Å²) in [4.78, 5) is 25.0. The van der Waals surface area contributed by atoms with Crippen LogP contribution >= 0.6 is 0 Å². The highest BCUT2D eigenvalue weighted by atomic mass is 32.2. The number of rotatable bonds is 7. The second-order valence-electron chi connectivity index (χ2n) is 7.48. The molecule has 11 heteroatoms. The lowest BCUT2D eigenvalue weighted by atomic mass is 10.1. The van der Waals surface area contributed by atoms with Gasteiger partial charge in [0.15, 0.2) is 0 Å². The summed E-state index contributed by atoms with van der Waals surface area (Å²) in [7, 11) is -4.13. The van der Waals surface area contributed by atoms with Gasteiger partial charge in [-0.2, -0.15) is 0 Å². The van der Waals surface area contributed by atoms with Crippen LogP contribution in [-0.2, 0) is 16.6 Å². The Morgan fingerprint density at radius 2 is 1.79 bits per heavy atom. The molecule has 0 bridgehead atoms. The molecule has 0 fully saturated rings. The molecule has 176 valence electrons. The lowest BCUT2D eigenvalue weighted by molar-refractivity contribution is 0.102. The van der Waals surface area contributed by atoms with Gasteiger partial charge in [0.25, 0.3) is 15.9 Å². The van der Waals surface area contributed by atoms with Crippen LogP contribution in [0.4, 0.5) is 21.9 Å². The molecule has 4 rings (SSSR count). The van der Waals surface area contributed by atoms with Crippen molar-refractivity contribution in [3.8, 4) is 5.75 Å². The molecule has 10 nitrogen and oxygen atoms in total. The van der Waals surface area contributed by atoms with Crippen LogP contribution in [0, 0.1) is 0 Å². The zero-order valence-electron chi connectivity index (χ0n) is 18.0. The van der Waals surface area contributed by atoms with Gasteiger partial charge >= 0.3 is 6.03 Å². The lowest BCUT2D eigenvalue weighted by Crippen LogP contribution is -2.43. The molecule has 34 heavy (non-hydrogen) atoms. The van der Waals surface area contributed by atoms with E-state index in [1.54, 1.807) is 54.6 Å². The van der Waals surface area contributed by atoms with E-state index in [0.29, 0.717) is 28.3 Å². The van der Waals surface area contributed by atoms with E-state index in [1.807, 2.05) is 0 Å². The van der Waals surface area contributed by atoms with E-state index in [-0.39, 0.29) is 36.2 Å². The average molecular weight is 482 g/mol. The number of urea groups is 1. The molecular weight excluding hydrogens is 458 g/mol. The number of anilines is 3. The second-order valence-corrected chi connectivity index (χ2v) is 9.31. The molecule has 0 unspecified atom stereocenters.